The van der Waals surface area contributed by atoms with Crippen LogP contribution in [0.5, 0.6) is 5.75 Å². The Kier molecular flexibility index (Phi) is 2.87. The summed E-state index contributed by atoms with van der Waals surface area (Å²) < 4.78 is 5.18. The van der Waals surface area contributed by atoms with Gasteiger partial charge in [-0.05, 0) is 36.4 Å². The number of fused-ring (bicyclic) bond motifs is 1. The summed E-state index contributed by atoms with van der Waals surface area (Å²) in [6, 6.07) is 10.9. The summed E-state index contributed by atoms with van der Waals surface area (Å²) in [6.45, 7) is 0. The van der Waals surface area contributed by atoms with Crippen molar-refractivity contribution < 1.29 is 14.6 Å². The Hall–Kier alpha value is -2.82. The number of carboxylic acids is 1. The van der Waals surface area contributed by atoms with Crippen molar-refractivity contribution in [3.8, 4) is 17.1 Å². The van der Waals surface area contributed by atoms with Gasteiger partial charge in [0.15, 0.2) is 0 Å². The number of pyridine rings is 1. The molecule has 2 heterocycles. The van der Waals surface area contributed by atoms with E-state index in [2.05, 4.69) is 9.97 Å². The fourth-order valence-corrected chi connectivity index (χ4v) is 2.06. The molecule has 3 aromatic rings. The maximum Gasteiger partial charge on any atom is 0.337 e. The Morgan fingerprint density at radius 3 is 2.75 bits per heavy atom. The smallest absolute Gasteiger partial charge is 0.337 e. The summed E-state index contributed by atoms with van der Waals surface area (Å²) in [7, 11) is 1.63. The van der Waals surface area contributed by atoms with Crippen molar-refractivity contribution in [2.24, 2.45) is 0 Å². The number of ether oxygens (including phenoxy) is 1. The Labute approximate surface area is 114 Å². The van der Waals surface area contributed by atoms with E-state index in [0.29, 0.717) is 5.69 Å². The zero-order valence-electron chi connectivity index (χ0n) is 10.8. The number of rotatable bonds is 3. The first-order valence-electron chi connectivity index (χ1n) is 6.04. The highest BCUT2D eigenvalue weighted by atomic mass is 16.5. The van der Waals surface area contributed by atoms with Crippen LogP contribution in [-0.4, -0.2) is 28.2 Å². The first-order chi connectivity index (χ1) is 9.67. The van der Waals surface area contributed by atoms with E-state index in [-0.39, 0.29) is 5.56 Å². The van der Waals surface area contributed by atoms with E-state index < -0.39 is 5.97 Å². The molecule has 5 nitrogen and oxygen atoms in total. The van der Waals surface area contributed by atoms with E-state index in [1.165, 1.54) is 12.3 Å². The molecule has 1 aromatic carbocycles. The monoisotopic (exact) mass is 268 g/mol. The van der Waals surface area contributed by atoms with Crippen LogP contribution in [-0.2, 0) is 0 Å². The quantitative estimate of drug-likeness (QED) is 0.765. The average molecular weight is 268 g/mol. The third kappa shape index (κ3) is 2.09. The molecule has 2 N–H and O–H groups in total. The summed E-state index contributed by atoms with van der Waals surface area (Å²) in [6.07, 6.45) is 1.35. The standard InChI is InChI=1S/C15H12N2O3/c1-20-11-3-5-12-10(6-11)7-14(17-12)13-4-2-9(8-16-13)15(18)19/h2-8,17H,1H3,(H,18,19). The van der Waals surface area contributed by atoms with Crippen LogP contribution >= 0.6 is 0 Å². The van der Waals surface area contributed by atoms with Crippen LogP contribution in [0.1, 0.15) is 10.4 Å². The highest BCUT2D eigenvalue weighted by Crippen LogP contribution is 2.26. The van der Waals surface area contributed by atoms with E-state index in [1.54, 1.807) is 13.2 Å². The highest BCUT2D eigenvalue weighted by molar-refractivity contribution is 5.88. The van der Waals surface area contributed by atoms with Gasteiger partial charge in [0, 0.05) is 17.1 Å². The molecule has 0 aliphatic heterocycles. The number of aromatic nitrogens is 2. The summed E-state index contributed by atoms with van der Waals surface area (Å²) in [4.78, 5) is 18.2. The number of benzene rings is 1. The summed E-state index contributed by atoms with van der Waals surface area (Å²) in [5, 5.41) is 9.87. The van der Waals surface area contributed by atoms with Crippen molar-refractivity contribution in [2.75, 3.05) is 7.11 Å². The lowest BCUT2D eigenvalue weighted by atomic mass is 10.2. The first kappa shape index (κ1) is 12.2. The van der Waals surface area contributed by atoms with Crippen LogP contribution in [0.25, 0.3) is 22.3 Å². The van der Waals surface area contributed by atoms with Gasteiger partial charge in [0.1, 0.15) is 5.75 Å². The Morgan fingerprint density at radius 2 is 2.10 bits per heavy atom. The third-order valence-corrected chi connectivity index (χ3v) is 3.11. The van der Waals surface area contributed by atoms with E-state index in [4.69, 9.17) is 9.84 Å². The lowest BCUT2D eigenvalue weighted by Gasteiger charge is -1.98. The average Bonchev–Trinajstić information content (AvgIpc) is 2.90. The molecule has 0 aliphatic carbocycles. The molecule has 0 saturated carbocycles. The van der Waals surface area contributed by atoms with Crippen molar-refractivity contribution in [1.82, 2.24) is 9.97 Å². The molecule has 0 spiro atoms. The second-order valence-corrected chi connectivity index (χ2v) is 4.37. The summed E-state index contributed by atoms with van der Waals surface area (Å²) >= 11 is 0. The zero-order valence-corrected chi connectivity index (χ0v) is 10.8. The summed E-state index contributed by atoms with van der Waals surface area (Å²) in [5.74, 6) is -0.192. The van der Waals surface area contributed by atoms with Gasteiger partial charge in [0.25, 0.3) is 0 Å². The van der Waals surface area contributed by atoms with Crippen LogP contribution < -0.4 is 4.74 Å². The molecule has 0 amide bonds. The number of methoxy groups -OCH3 is 1. The predicted octanol–water partition coefficient (Wildman–Crippen LogP) is 2.94. The fourth-order valence-electron chi connectivity index (χ4n) is 2.06. The van der Waals surface area contributed by atoms with Gasteiger partial charge in [0.05, 0.1) is 24.1 Å². The minimum Gasteiger partial charge on any atom is -0.497 e. The number of nitrogens with zero attached hydrogens (tertiary/aromatic N) is 1. The van der Waals surface area contributed by atoms with Gasteiger partial charge in [-0.3, -0.25) is 4.98 Å². The maximum absolute atomic E-state index is 10.8. The molecule has 0 bridgehead atoms. The van der Waals surface area contributed by atoms with Crippen LogP contribution in [0.3, 0.4) is 0 Å². The van der Waals surface area contributed by atoms with Crippen molar-refractivity contribution in [2.45, 2.75) is 0 Å². The van der Waals surface area contributed by atoms with Crippen molar-refractivity contribution in [1.29, 1.82) is 0 Å². The molecule has 0 aliphatic rings. The summed E-state index contributed by atoms with van der Waals surface area (Å²) in [5.41, 5.74) is 2.69. The van der Waals surface area contributed by atoms with Gasteiger partial charge < -0.3 is 14.8 Å². The van der Waals surface area contributed by atoms with E-state index in [9.17, 15) is 4.79 Å². The minimum absolute atomic E-state index is 0.173. The van der Waals surface area contributed by atoms with Gasteiger partial charge in [-0.2, -0.15) is 0 Å². The Balaban J connectivity index is 2.03. The maximum atomic E-state index is 10.8. The van der Waals surface area contributed by atoms with Gasteiger partial charge >= 0.3 is 5.97 Å². The Morgan fingerprint density at radius 1 is 1.25 bits per heavy atom. The first-order valence-corrected chi connectivity index (χ1v) is 6.04. The van der Waals surface area contributed by atoms with E-state index in [0.717, 1.165) is 22.3 Å². The number of hydrogen-bond donors (Lipinski definition) is 2. The van der Waals surface area contributed by atoms with Crippen LogP contribution in [0.4, 0.5) is 0 Å². The van der Waals surface area contributed by atoms with Crippen molar-refractivity contribution >= 4 is 16.9 Å². The lowest BCUT2D eigenvalue weighted by Crippen LogP contribution is -1.97. The molecule has 5 heteroatoms. The van der Waals surface area contributed by atoms with Crippen LogP contribution in [0, 0.1) is 0 Å². The van der Waals surface area contributed by atoms with Gasteiger partial charge in [0.2, 0.25) is 0 Å². The second kappa shape index (κ2) is 4.70. The molecule has 20 heavy (non-hydrogen) atoms. The molecule has 0 radical (unpaired) electrons. The number of aromatic amines is 1. The van der Waals surface area contributed by atoms with E-state index in [1.807, 2.05) is 24.3 Å². The molecule has 0 atom stereocenters. The third-order valence-electron chi connectivity index (χ3n) is 3.11. The van der Waals surface area contributed by atoms with Crippen LogP contribution in [0.2, 0.25) is 0 Å². The number of nitrogens with one attached hydrogen (secondary N) is 1. The number of H-pyrrole nitrogens is 1. The minimum atomic E-state index is -0.981. The number of aromatic carboxylic acids is 1. The normalized spacial score (nSPS) is 10.7. The van der Waals surface area contributed by atoms with E-state index >= 15 is 0 Å². The van der Waals surface area contributed by atoms with Gasteiger partial charge in [-0.1, -0.05) is 0 Å². The molecule has 100 valence electrons. The molecule has 2 aromatic heterocycles. The number of carbonyl (C=O) groups is 1. The molecule has 0 saturated heterocycles. The number of hydrogen-bond acceptors (Lipinski definition) is 3. The molecule has 0 fully saturated rings. The lowest BCUT2D eigenvalue weighted by molar-refractivity contribution is 0.0696. The van der Waals surface area contributed by atoms with Gasteiger partial charge in [-0.15, -0.1) is 0 Å². The zero-order chi connectivity index (χ0) is 14.1. The topological polar surface area (TPSA) is 75.2 Å². The predicted molar refractivity (Wildman–Crippen MR) is 75.0 cm³/mol. The SMILES string of the molecule is COc1ccc2[nH]c(-c3ccc(C(=O)O)cn3)cc2c1. The Bertz CT molecular complexity index is 775. The molecule has 0 unspecified atom stereocenters. The van der Waals surface area contributed by atoms with Crippen LogP contribution in [0.15, 0.2) is 42.6 Å². The fraction of sp³-hybridized carbons (Fsp3) is 0.0667. The molecular weight excluding hydrogens is 256 g/mol. The largest absolute Gasteiger partial charge is 0.497 e. The number of carboxylic acid groups (broad SMARTS) is 1. The molecular formula is C15H12N2O3. The second-order valence-electron chi connectivity index (χ2n) is 4.37. The highest BCUT2D eigenvalue weighted by Gasteiger charge is 2.07. The van der Waals surface area contributed by atoms with Crippen molar-refractivity contribution in [3.05, 3.63) is 48.2 Å². The molecule has 3 rings (SSSR count). The van der Waals surface area contributed by atoms with Gasteiger partial charge in [-0.25, -0.2) is 4.79 Å². The van der Waals surface area contributed by atoms with Crippen molar-refractivity contribution in [3.63, 3.8) is 0 Å².